The molecule has 0 aliphatic carbocycles. The maximum absolute atomic E-state index is 12.8. The van der Waals surface area contributed by atoms with Crippen molar-refractivity contribution in [2.45, 2.75) is 26.3 Å². The Morgan fingerprint density at radius 1 is 1.14 bits per heavy atom. The van der Waals surface area contributed by atoms with Crippen molar-refractivity contribution in [1.82, 2.24) is 5.32 Å². The van der Waals surface area contributed by atoms with Gasteiger partial charge in [-0.3, -0.25) is 9.59 Å². The second-order valence-electron chi connectivity index (χ2n) is 7.15. The number of nitrogens with zero attached hydrogens (tertiary/aromatic N) is 1. The highest BCUT2D eigenvalue weighted by Crippen LogP contribution is 2.34. The third-order valence-corrected chi connectivity index (χ3v) is 5.14. The lowest BCUT2D eigenvalue weighted by molar-refractivity contribution is -0.120. The predicted molar refractivity (Wildman–Crippen MR) is 115 cm³/mol. The molecule has 0 aromatic heterocycles. The lowest BCUT2D eigenvalue weighted by atomic mass is 10.0. The first-order valence-electron chi connectivity index (χ1n) is 9.69. The SMILES string of the molecule is CC(=O)NC(CC(=O)Nc1cccc(Cl)c1N1CCOCC1)c1ccc(C)cc1. The minimum atomic E-state index is -0.404. The van der Waals surface area contributed by atoms with Crippen LogP contribution in [0.1, 0.15) is 30.5 Å². The van der Waals surface area contributed by atoms with Crippen LogP contribution in [0.5, 0.6) is 0 Å². The van der Waals surface area contributed by atoms with Crippen molar-refractivity contribution < 1.29 is 14.3 Å². The van der Waals surface area contributed by atoms with Gasteiger partial charge in [0.25, 0.3) is 0 Å². The van der Waals surface area contributed by atoms with E-state index in [0.29, 0.717) is 37.0 Å². The molecule has 2 aromatic rings. The molecule has 2 N–H and O–H groups in total. The summed E-state index contributed by atoms with van der Waals surface area (Å²) < 4.78 is 5.42. The van der Waals surface area contributed by atoms with Gasteiger partial charge in [0.1, 0.15) is 0 Å². The van der Waals surface area contributed by atoms with Crippen molar-refractivity contribution >= 4 is 34.8 Å². The summed E-state index contributed by atoms with van der Waals surface area (Å²) in [6.45, 7) is 6.12. The number of hydrogen-bond donors (Lipinski definition) is 2. The monoisotopic (exact) mass is 415 g/mol. The molecule has 1 fully saturated rings. The fraction of sp³-hybridized carbons (Fsp3) is 0.364. The molecule has 2 amide bonds. The van der Waals surface area contributed by atoms with E-state index in [4.69, 9.17) is 16.3 Å². The smallest absolute Gasteiger partial charge is 0.226 e. The molecular formula is C22H26ClN3O3. The fourth-order valence-corrected chi connectivity index (χ4v) is 3.70. The number of halogens is 1. The summed E-state index contributed by atoms with van der Waals surface area (Å²) >= 11 is 6.44. The van der Waals surface area contributed by atoms with Crippen LogP contribution in [-0.2, 0) is 14.3 Å². The molecule has 0 radical (unpaired) electrons. The van der Waals surface area contributed by atoms with Gasteiger partial charge in [0, 0.05) is 20.0 Å². The Bertz CT molecular complexity index is 864. The molecule has 1 heterocycles. The van der Waals surface area contributed by atoms with E-state index in [1.165, 1.54) is 6.92 Å². The van der Waals surface area contributed by atoms with Gasteiger partial charge in [-0.05, 0) is 24.6 Å². The zero-order chi connectivity index (χ0) is 20.8. The minimum absolute atomic E-state index is 0.123. The highest BCUT2D eigenvalue weighted by Gasteiger charge is 2.21. The molecule has 0 saturated carbocycles. The number of anilines is 2. The van der Waals surface area contributed by atoms with E-state index in [-0.39, 0.29) is 18.2 Å². The number of carbonyl (C=O) groups excluding carboxylic acids is 2. The normalized spacial score (nSPS) is 14.9. The molecule has 1 aliphatic heterocycles. The quantitative estimate of drug-likeness (QED) is 0.754. The standard InChI is InChI=1S/C22H26ClN3O3/c1-15-6-8-17(9-7-15)20(24-16(2)27)14-21(28)25-19-5-3-4-18(23)22(19)26-10-12-29-13-11-26/h3-9,20H,10-14H2,1-2H3,(H,24,27)(H,25,28). The Morgan fingerprint density at radius 2 is 1.83 bits per heavy atom. The van der Waals surface area contributed by atoms with Gasteiger partial charge in [0.15, 0.2) is 0 Å². The number of para-hydroxylation sites is 1. The summed E-state index contributed by atoms with van der Waals surface area (Å²) in [5.41, 5.74) is 3.47. The van der Waals surface area contributed by atoms with Crippen molar-refractivity contribution in [3.05, 3.63) is 58.6 Å². The van der Waals surface area contributed by atoms with E-state index in [0.717, 1.165) is 16.8 Å². The van der Waals surface area contributed by atoms with E-state index in [9.17, 15) is 9.59 Å². The van der Waals surface area contributed by atoms with E-state index >= 15 is 0 Å². The van der Waals surface area contributed by atoms with Gasteiger partial charge in [-0.25, -0.2) is 0 Å². The fourth-order valence-electron chi connectivity index (χ4n) is 3.41. The molecule has 0 spiro atoms. The second-order valence-corrected chi connectivity index (χ2v) is 7.56. The summed E-state index contributed by atoms with van der Waals surface area (Å²) in [4.78, 5) is 26.6. The highest BCUT2D eigenvalue weighted by atomic mass is 35.5. The summed E-state index contributed by atoms with van der Waals surface area (Å²) in [6.07, 6.45) is 0.123. The molecule has 0 bridgehead atoms. The van der Waals surface area contributed by atoms with Crippen LogP contribution in [0.3, 0.4) is 0 Å². The topological polar surface area (TPSA) is 70.7 Å². The van der Waals surface area contributed by atoms with Crippen LogP contribution in [0.2, 0.25) is 5.02 Å². The summed E-state index contributed by atoms with van der Waals surface area (Å²) in [5.74, 6) is -0.374. The lowest BCUT2D eigenvalue weighted by Gasteiger charge is -2.31. The van der Waals surface area contributed by atoms with Crippen LogP contribution in [0.4, 0.5) is 11.4 Å². The number of ether oxygens (including phenoxy) is 1. The Hall–Kier alpha value is -2.57. The van der Waals surface area contributed by atoms with E-state index in [1.54, 1.807) is 0 Å². The molecule has 2 aromatic carbocycles. The number of benzene rings is 2. The van der Waals surface area contributed by atoms with Gasteiger partial charge in [0.2, 0.25) is 11.8 Å². The van der Waals surface area contributed by atoms with Crippen LogP contribution in [-0.4, -0.2) is 38.1 Å². The lowest BCUT2D eigenvalue weighted by Crippen LogP contribution is -2.37. The minimum Gasteiger partial charge on any atom is -0.378 e. The average molecular weight is 416 g/mol. The maximum atomic E-state index is 12.8. The van der Waals surface area contributed by atoms with Gasteiger partial charge in [0.05, 0.1) is 42.1 Å². The van der Waals surface area contributed by atoms with E-state index in [2.05, 4.69) is 15.5 Å². The third kappa shape index (κ3) is 5.71. The Labute approximate surface area is 176 Å². The van der Waals surface area contributed by atoms with Gasteiger partial charge in [-0.1, -0.05) is 47.5 Å². The summed E-state index contributed by atoms with van der Waals surface area (Å²) in [6, 6.07) is 12.9. The highest BCUT2D eigenvalue weighted by molar-refractivity contribution is 6.34. The molecule has 6 nitrogen and oxygen atoms in total. The number of nitrogens with one attached hydrogen (secondary N) is 2. The van der Waals surface area contributed by atoms with Crippen molar-refractivity contribution in [3.8, 4) is 0 Å². The third-order valence-electron chi connectivity index (χ3n) is 4.83. The van der Waals surface area contributed by atoms with Crippen LogP contribution >= 0.6 is 11.6 Å². The molecule has 1 saturated heterocycles. The second kappa shape index (κ2) is 9.76. The van der Waals surface area contributed by atoms with Crippen molar-refractivity contribution in [1.29, 1.82) is 0 Å². The molecular weight excluding hydrogens is 390 g/mol. The predicted octanol–water partition coefficient (Wildman–Crippen LogP) is 3.69. The zero-order valence-corrected chi connectivity index (χ0v) is 17.5. The van der Waals surface area contributed by atoms with Crippen molar-refractivity contribution in [3.63, 3.8) is 0 Å². The molecule has 1 aliphatic rings. The largest absolute Gasteiger partial charge is 0.378 e. The van der Waals surface area contributed by atoms with Crippen molar-refractivity contribution in [2.24, 2.45) is 0 Å². The van der Waals surface area contributed by atoms with Gasteiger partial charge in [-0.15, -0.1) is 0 Å². The number of carbonyl (C=O) groups is 2. The Kier molecular flexibility index (Phi) is 7.12. The molecule has 29 heavy (non-hydrogen) atoms. The van der Waals surface area contributed by atoms with Crippen LogP contribution in [0, 0.1) is 6.92 Å². The van der Waals surface area contributed by atoms with E-state index < -0.39 is 6.04 Å². The Morgan fingerprint density at radius 3 is 2.48 bits per heavy atom. The van der Waals surface area contributed by atoms with Crippen LogP contribution in [0.25, 0.3) is 0 Å². The maximum Gasteiger partial charge on any atom is 0.226 e. The summed E-state index contributed by atoms with van der Waals surface area (Å²) in [5, 5.41) is 6.43. The number of aryl methyl sites for hydroxylation is 1. The number of morpholine rings is 1. The molecule has 1 atom stereocenters. The van der Waals surface area contributed by atoms with Crippen LogP contribution in [0.15, 0.2) is 42.5 Å². The van der Waals surface area contributed by atoms with Gasteiger partial charge < -0.3 is 20.3 Å². The molecule has 1 unspecified atom stereocenters. The van der Waals surface area contributed by atoms with Gasteiger partial charge in [-0.2, -0.15) is 0 Å². The molecule has 7 heteroatoms. The zero-order valence-electron chi connectivity index (χ0n) is 16.7. The van der Waals surface area contributed by atoms with Crippen molar-refractivity contribution in [2.75, 3.05) is 36.5 Å². The summed E-state index contributed by atoms with van der Waals surface area (Å²) in [7, 11) is 0. The Balaban J connectivity index is 1.77. The average Bonchev–Trinajstić information content (AvgIpc) is 2.68. The first-order chi connectivity index (χ1) is 13.9. The first-order valence-corrected chi connectivity index (χ1v) is 10.1. The van der Waals surface area contributed by atoms with E-state index in [1.807, 2.05) is 49.4 Å². The number of amides is 2. The van der Waals surface area contributed by atoms with Gasteiger partial charge >= 0.3 is 0 Å². The first kappa shape index (κ1) is 21.1. The number of rotatable bonds is 6. The molecule has 3 rings (SSSR count). The molecule has 154 valence electrons. The number of hydrogen-bond acceptors (Lipinski definition) is 4. The van der Waals surface area contributed by atoms with Crippen LogP contribution < -0.4 is 15.5 Å².